The summed E-state index contributed by atoms with van der Waals surface area (Å²) in [7, 11) is 0. The van der Waals surface area contributed by atoms with Crippen LogP contribution in [0, 0.1) is 0 Å². The molecule has 0 saturated heterocycles. The van der Waals surface area contributed by atoms with Crippen molar-refractivity contribution in [3.63, 3.8) is 0 Å². The van der Waals surface area contributed by atoms with E-state index in [4.69, 9.17) is 4.74 Å². The predicted molar refractivity (Wildman–Crippen MR) is 86.2 cm³/mol. The molecule has 122 valence electrons. The van der Waals surface area contributed by atoms with Crippen LogP contribution in [0.3, 0.4) is 0 Å². The van der Waals surface area contributed by atoms with E-state index in [1.807, 2.05) is 37.3 Å². The lowest BCUT2D eigenvalue weighted by atomic mass is 10.1. The van der Waals surface area contributed by atoms with Crippen molar-refractivity contribution >= 4 is 5.91 Å². The van der Waals surface area contributed by atoms with Crippen LogP contribution >= 0.6 is 0 Å². The van der Waals surface area contributed by atoms with Gasteiger partial charge in [-0.05, 0) is 24.6 Å². The summed E-state index contributed by atoms with van der Waals surface area (Å²) in [5.74, 6) is -0.526. The van der Waals surface area contributed by atoms with Crippen molar-refractivity contribution < 1.29 is 14.6 Å². The molecule has 0 aliphatic heterocycles. The van der Waals surface area contributed by atoms with Gasteiger partial charge in [0.15, 0.2) is 0 Å². The number of hydrogen-bond donors (Lipinski definition) is 3. The average molecular weight is 316 g/mol. The van der Waals surface area contributed by atoms with Crippen molar-refractivity contribution in [3.8, 4) is 0 Å². The summed E-state index contributed by atoms with van der Waals surface area (Å²) in [5, 5.41) is 12.4. The predicted octanol–water partition coefficient (Wildman–Crippen LogP) is 1.24. The lowest BCUT2D eigenvalue weighted by Gasteiger charge is -2.17. The van der Waals surface area contributed by atoms with Gasteiger partial charge in [0.2, 0.25) is 0 Å². The Labute approximate surface area is 134 Å². The number of amides is 1. The van der Waals surface area contributed by atoms with E-state index in [0.717, 1.165) is 5.56 Å². The molecule has 0 fully saturated rings. The summed E-state index contributed by atoms with van der Waals surface area (Å²) in [6.07, 6.45) is 0.443. The largest absolute Gasteiger partial charge is 0.389 e. The summed E-state index contributed by atoms with van der Waals surface area (Å²) in [6.45, 7) is 1.99. The van der Waals surface area contributed by atoms with Gasteiger partial charge in [-0.15, -0.1) is 0 Å². The number of aromatic amines is 1. The molecule has 0 spiro atoms. The van der Waals surface area contributed by atoms with Crippen molar-refractivity contribution in [3.05, 3.63) is 70.1 Å². The van der Waals surface area contributed by atoms with Gasteiger partial charge in [-0.2, -0.15) is 0 Å². The standard InChI is InChI=1S/C17H20N2O4/c1-12(13-6-3-2-4-7-13)23-11-14(20)10-19-17(22)15-8-5-9-18-16(15)21/h2-9,12,14,20H,10-11H2,1H3,(H,18,21)(H,19,22)/t12-,14+/m1/s1. The first kappa shape index (κ1) is 16.9. The van der Waals surface area contributed by atoms with E-state index < -0.39 is 17.6 Å². The minimum Gasteiger partial charge on any atom is -0.389 e. The number of aliphatic hydroxyl groups excluding tert-OH is 1. The minimum absolute atomic E-state index is 0.00861. The first-order chi connectivity index (χ1) is 11.1. The number of rotatable bonds is 7. The van der Waals surface area contributed by atoms with E-state index in [0.29, 0.717) is 0 Å². The second-order valence-electron chi connectivity index (χ2n) is 5.16. The van der Waals surface area contributed by atoms with E-state index in [1.54, 1.807) is 6.07 Å². The van der Waals surface area contributed by atoms with Crippen LogP contribution in [-0.4, -0.2) is 35.3 Å². The highest BCUT2D eigenvalue weighted by atomic mass is 16.5. The van der Waals surface area contributed by atoms with Crippen LogP contribution in [0.15, 0.2) is 53.5 Å². The molecule has 23 heavy (non-hydrogen) atoms. The molecule has 0 aliphatic carbocycles. The Morgan fingerprint density at radius 2 is 2.00 bits per heavy atom. The number of carbonyl (C=O) groups is 1. The highest BCUT2D eigenvalue weighted by Gasteiger charge is 2.13. The van der Waals surface area contributed by atoms with Crippen LogP contribution in [0.4, 0.5) is 0 Å². The fourth-order valence-corrected chi connectivity index (χ4v) is 2.04. The lowest BCUT2D eigenvalue weighted by molar-refractivity contribution is -0.00171. The summed E-state index contributed by atoms with van der Waals surface area (Å²) in [5.41, 5.74) is 0.561. The molecule has 1 heterocycles. The van der Waals surface area contributed by atoms with E-state index >= 15 is 0 Å². The Morgan fingerprint density at radius 3 is 2.70 bits per heavy atom. The van der Waals surface area contributed by atoms with Gasteiger partial charge in [-0.1, -0.05) is 30.3 Å². The number of hydrogen-bond acceptors (Lipinski definition) is 4. The SMILES string of the molecule is C[C@@H](OC[C@@H](O)CNC(=O)c1ccc[nH]c1=O)c1ccccc1. The molecule has 2 aromatic rings. The summed E-state index contributed by atoms with van der Waals surface area (Å²) in [4.78, 5) is 25.7. The fourth-order valence-electron chi connectivity index (χ4n) is 2.04. The molecule has 1 amide bonds. The zero-order chi connectivity index (χ0) is 16.7. The van der Waals surface area contributed by atoms with Gasteiger partial charge in [0.25, 0.3) is 11.5 Å². The molecule has 6 nitrogen and oxygen atoms in total. The van der Waals surface area contributed by atoms with Crippen molar-refractivity contribution in [1.29, 1.82) is 0 Å². The summed E-state index contributed by atoms with van der Waals surface area (Å²) < 4.78 is 5.58. The molecule has 2 atom stereocenters. The maximum Gasteiger partial charge on any atom is 0.260 e. The molecule has 1 aromatic carbocycles. The fraction of sp³-hybridized carbons (Fsp3) is 0.294. The number of pyridine rings is 1. The number of ether oxygens (including phenoxy) is 1. The Balaban J connectivity index is 1.77. The van der Waals surface area contributed by atoms with E-state index in [2.05, 4.69) is 10.3 Å². The third-order valence-electron chi connectivity index (χ3n) is 3.37. The van der Waals surface area contributed by atoms with Gasteiger partial charge < -0.3 is 20.1 Å². The maximum atomic E-state index is 11.8. The summed E-state index contributed by atoms with van der Waals surface area (Å²) >= 11 is 0. The van der Waals surface area contributed by atoms with E-state index in [1.165, 1.54) is 12.3 Å². The molecule has 2 rings (SSSR count). The molecule has 0 bridgehead atoms. The molecular formula is C17H20N2O4. The second kappa shape index (κ2) is 8.26. The number of nitrogens with one attached hydrogen (secondary N) is 2. The van der Waals surface area contributed by atoms with Gasteiger partial charge in [0, 0.05) is 12.7 Å². The third-order valence-corrected chi connectivity index (χ3v) is 3.37. The number of H-pyrrole nitrogens is 1. The topological polar surface area (TPSA) is 91.4 Å². The van der Waals surface area contributed by atoms with Crippen molar-refractivity contribution in [1.82, 2.24) is 10.3 Å². The Kier molecular flexibility index (Phi) is 6.08. The molecule has 0 radical (unpaired) electrons. The van der Waals surface area contributed by atoms with Gasteiger partial charge in [0.05, 0.1) is 18.8 Å². The lowest BCUT2D eigenvalue weighted by Crippen LogP contribution is -2.37. The van der Waals surface area contributed by atoms with Gasteiger partial charge in [-0.25, -0.2) is 0 Å². The smallest absolute Gasteiger partial charge is 0.260 e. The number of aromatic nitrogens is 1. The molecule has 1 aromatic heterocycles. The zero-order valence-electron chi connectivity index (χ0n) is 12.9. The van der Waals surface area contributed by atoms with Crippen LogP contribution in [0.1, 0.15) is 28.9 Å². The van der Waals surface area contributed by atoms with Crippen LogP contribution in [0.25, 0.3) is 0 Å². The van der Waals surface area contributed by atoms with Gasteiger partial charge in [-0.3, -0.25) is 9.59 Å². The van der Waals surface area contributed by atoms with Crippen molar-refractivity contribution in [2.45, 2.75) is 19.1 Å². The second-order valence-corrected chi connectivity index (χ2v) is 5.16. The highest BCUT2D eigenvalue weighted by molar-refractivity contribution is 5.93. The van der Waals surface area contributed by atoms with Crippen molar-refractivity contribution in [2.24, 2.45) is 0 Å². The molecule has 0 unspecified atom stereocenters. The van der Waals surface area contributed by atoms with E-state index in [-0.39, 0.29) is 24.8 Å². The molecule has 0 saturated carbocycles. The maximum absolute atomic E-state index is 11.8. The zero-order valence-corrected chi connectivity index (χ0v) is 12.9. The normalized spacial score (nSPS) is 13.3. The number of carbonyl (C=O) groups excluding carboxylic acids is 1. The Hall–Kier alpha value is -2.44. The van der Waals surface area contributed by atoms with Crippen LogP contribution < -0.4 is 10.9 Å². The number of aliphatic hydroxyl groups is 1. The molecule has 0 aliphatic rings. The highest BCUT2D eigenvalue weighted by Crippen LogP contribution is 2.15. The third kappa shape index (κ3) is 5.05. The molecule has 6 heteroatoms. The van der Waals surface area contributed by atoms with Crippen LogP contribution in [0.2, 0.25) is 0 Å². The minimum atomic E-state index is -0.854. The average Bonchev–Trinajstić information content (AvgIpc) is 2.58. The van der Waals surface area contributed by atoms with E-state index in [9.17, 15) is 14.7 Å². The Morgan fingerprint density at radius 1 is 1.26 bits per heavy atom. The van der Waals surface area contributed by atoms with Crippen LogP contribution in [-0.2, 0) is 4.74 Å². The first-order valence-electron chi connectivity index (χ1n) is 7.38. The first-order valence-corrected chi connectivity index (χ1v) is 7.38. The molecular weight excluding hydrogens is 296 g/mol. The summed E-state index contributed by atoms with van der Waals surface area (Å²) in [6, 6.07) is 12.6. The monoisotopic (exact) mass is 316 g/mol. The van der Waals surface area contributed by atoms with Gasteiger partial charge >= 0.3 is 0 Å². The Bertz CT molecular complexity index is 684. The quantitative estimate of drug-likeness (QED) is 0.717. The van der Waals surface area contributed by atoms with Gasteiger partial charge in [0.1, 0.15) is 5.56 Å². The number of benzene rings is 1. The molecule has 3 N–H and O–H groups in total. The van der Waals surface area contributed by atoms with Crippen LogP contribution in [0.5, 0.6) is 0 Å². The van der Waals surface area contributed by atoms with Crippen molar-refractivity contribution in [2.75, 3.05) is 13.2 Å².